The van der Waals surface area contributed by atoms with E-state index in [9.17, 15) is 4.79 Å². The number of benzene rings is 3. The molecule has 0 spiro atoms. The average Bonchev–Trinajstić information content (AvgIpc) is 2.73. The number of H-pyrrole nitrogens is 1. The minimum Gasteiger partial charge on any atom is -0.457 e. The molecule has 1 heterocycles. The lowest BCUT2D eigenvalue weighted by molar-refractivity contribution is 0.483. The first-order valence-electron chi connectivity index (χ1n) is 8.86. The van der Waals surface area contributed by atoms with E-state index in [1.807, 2.05) is 84.9 Å². The van der Waals surface area contributed by atoms with Gasteiger partial charge in [-0.3, -0.25) is 9.78 Å². The SMILES string of the molecule is O=c1[nH]c(Nc2ccc(Oc3ccccc3)cc2)nnc1Cc1ccccc1. The second kappa shape index (κ2) is 8.18. The van der Waals surface area contributed by atoms with E-state index < -0.39 is 0 Å². The Morgan fingerprint density at radius 3 is 2.11 bits per heavy atom. The Hall–Kier alpha value is -3.93. The number of rotatable bonds is 6. The maximum Gasteiger partial charge on any atom is 0.274 e. The van der Waals surface area contributed by atoms with Crippen LogP contribution in [0, 0.1) is 0 Å². The minimum absolute atomic E-state index is 0.259. The number of anilines is 2. The van der Waals surface area contributed by atoms with Crippen LogP contribution in [0.2, 0.25) is 0 Å². The molecule has 6 heteroatoms. The fourth-order valence-electron chi connectivity index (χ4n) is 2.69. The van der Waals surface area contributed by atoms with Gasteiger partial charge < -0.3 is 10.1 Å². The molecule has 0 bridgehead atoms. The van der Waals surface area contributed by atoms with Crippen molar-refractivity contribution in [1.29, 1.82) is 0 Å². The molecule has 1 aromatic heterocycles. The number of hydrogen-bond donors (Lipinski definition) is 2. The lowest BCUT2D eigenvalue weighted by Crippen LogP contribution is -2.18. The van der Waals surface area contributed by atoms with E-state index in [4.69, 9.17) is 4.74 Å². The van der Waals surface area contributed by atoms with Gasteiger partial charge in [0.25, 0.3) is 5.56 Å². The van der Waals surface area contributed by atoms with Crippen molar-refractivity contribution in [2.75, 3.05) is 5.32 Å². The molecule has 0 aliphatic rings. The quantitative estimate of drug-likeness (QED) is 0.529. The van der Waals surface area contributed by atoms with Crippen LogP contribution in [0.4, 0.5) is 11.6 Å². The molecule has 0 radical (unpaired) electrons. The molecule has 0 fully saturated rings. The van der Waals surface area contributed by atoms with Gasteiger partial charge in [0.05, 0.1) is 0 Å². The van der Waals surface area contributed by atoms with Crippen LogP contribution in [0.1, 0.15) is 11.3 Å². The third kappa shape index (κ3) is 4.42. The van der Waals surface area contributed by atoms with E-state index in [0.717, 1.165) is 22.7 Å². The number of ether oxygens (including phenoxy) is 1. The van der Waals surface area contributed by atoms with Crippen molar-refractivity contribution in [1.82, 2.24) is 15.2 Å². The lowest BCUT2D eigenvalue weighted by Gasteiger charge is -2.08. The first-order valence-corrected chi connectivity index (χ1v) is 8.86. The summed E-state index contributed by atoms with van der Waals surface area (Å²) in [7, 11) is 0. The Kier molecular flexibility index (Phi) is 5.11. The predicted octanol–water partition coefficient (Wildman–Crippen LogP) is 4.29. The van der Waals surface area contributed by atoms with Crippen molar-refractivity contribution in [3.63, 3.8) is 0 Å². The molecule has 0 saturated heterocycles. The molecule has 28 heavy (non-hydrogen) atoms. The van der Waals surface area contributed by atoms with Gasteiger partial charge in [0.15, 0.2) is 0 Å². The van der Waals surface area contributed by atoms with E-state index in [1.165, 1.54) is 0 Å². The standard InChI is InChI=1S/C22H18N4O2/c27-21-20(15-16-7-3-1-4-8-16)25-26-22(24-21)23-17-11-13-19(14-12-17)28-18-9-5-2-6-10-18/h1-14H,15H2,(H2,23,24,26,27). The molecule has 0 atom stereocenters. The van der Waals surface area contributed by atoms with Gasteiger partial charge in [-0.15, -0.1) is 10.2 Å². The molecule has 3 aromatic carbocycles. The molecular weight excluding hydrogens is 352 g/mol. The summed E-state index contributed by atoms with van der Waals surface area (Å²) in [5.41, 5.74) is 1.90. The average molecular weight is 370 g/mol. The molecule has 0 saturated carbocycles. The van der Waals surface area contributed by atoms with Crippen LogP contribution in [0.15, 0.2) is 89.7 Å². The Labute approximate surface area is 161 Å². The molecule has 0 unspecified atom stereocenters. The molecule has 2 N–H and O–H groups in total. The second-order valence-electron chi connectivity index (χ2n) is 6.18. The van der Waals surface area contributed by atoms with Crippen LogP contribution in [0.25, 0.3) is 0 Å². The fourth-order valence-corrected chi connectivity index (χ4v) is 2.69. The number of nitrogens with one attached hydrogen (secondary N) is 2. The predicted molar refractivity (Wildman–Crippen MR) is 108 cm³/mol. The topological polar surface area (TPSA) is 79.9 Å². The van der Waals surface area contributed by atoms with Gasteiger partial charge >= 0.3 is 0 Å². The smallest absolute Gasteiger partial charge is 0.274 e. The van der Waals surface area contributed by atoms with Gasteiger partial charge in [-0.1, -0.05) is 48.5 Å². The molecule has 138 valence electrons. The number of aromatic amines is 1. The highest BCUT2D eigenvalue weighted by Crippen LogP contribution is 2.23. The van der Waals surface area contributed by atoms with Crippen LogP contribution in [-0.2, 0) is 6.42 Å². The van der Waals surface area contributed by atoms with E-state index in [-0.39, 0.29) is 5.56 Å². The monoisotopic (exact) mass is 370 g/mol. The first-order chi connectivity index (χ1) is 13.8. The molecular formula is C22H18N4O2. The van der Waals surface area contributed by atoms with Crippen molar-refractivity contribution in [3.05, 3.63) is 107 Å². The molecule has 0 amide bonds. The second-order valence-corrected chi connectivity index (χ2v) is 6.18. The number of hydrogen-bond acceptors (Lipinski definition) is 5. The van der Waals surface area contributed by atoms with E-state index in [1.54, 1.807) is 0 Å². The Bertz CT molecular complexity index is 1090. The Balaban J connectivity index is 1.42. The van der Waals surface area contributed by atoms with Crippen LogP contribution in [0.3, 0.4) is 0 Å². The van der Waals surface area contributed by atoms with E-state index in [2.05, 4.69) is 20.5 Å². The van der Waals surface area contributed by atoms with Crippen LogP contribution in [-0.4, -0.2) is 15.2 Å². The lowest BCUT2D eigenvalue weighted by atomic mass is 10.1. The molecule has 0 aliphatic heterocycles. The normalized spacial score (nSPS) is 10.4. The zero-order valence-corrected chi connectivity index (χ0v) is 15.0. The highest BCUT2D eigenvalue weighted by atomic mass is 16.5. The summed E-state index contributed by atoms with van der Waals surface area (Å²) in [4.78, 5) is 15.0. The molecule has 4 aromatic rings. The van der Waals surface area contributed by atoms with Crippen molar-refractivity contribution in [3.8, 4) is 11.5 Å². The number of nitrogens with zero attached hydrogens (tertiary/aromatic N) is 2. The summed E-state index contributed by atoms with van der Waals surface area (Å²) in [6.07, 6.45) is 0.439. The van der Waals surface area contributed by atoms with Crippen LogP contribution in [0.5, 0.6) is 11.5 Å². The summed E-state index contributed by atoms with van der Waals surface area (Å²) in [6.45, 7) is 0. The third-order valence-corrected chi connectivity index (χ3v) is 4.08. The Morgan fingerprint density at radius 1 is 0.786 bits per heavy atom. The van der Waals surface area contributed by atoms with Crippen molar-refractivity contribution in [2.24, 2.45) is 0 Å². The van der Waals surface area contributed by atoms with Crippen molar-refractivity contribution in [2.45, 2.75) is 6.42 Å². The van der Waals surface area contributed by atoms with Gasteiger partial charge in [0.1, 0.15) is 17.2 Å². The third-order valence-electron chi connectivity index (χ3n) is 4.08. The van der Waals surface area contributed by atoms with Crippen molar-refractivity contribution < 1.29 is 4.74 Å². The number of aromatic nitrogens is 3. The molecule has 0 aliphatic carbocycles. The first kappa shape index (κ1) is 17.5. The number of para-hydroxylation sites is 1. The summed E-state index contributed by atoms with van der Waals surface area (Å²) >= 11 is 0. The van der Waals surface area contributed by atoms with Crippen LogP contribution >= 0.6 is 0 Å². The minimum atomic E-state index is -0.259. The highest BCUT2D eigenvalue weighted by molar-refractivity contribution is 5.54. The van der Waals surface area contributed by atoms with E-state index in [0.29, 0.717) is 18.1 Å². The molecule has 6 nitrogen and oxygen atoms in total. The summed E-state index contributed by atoms with van der Waals surface area (Å²) in [5.74, 6) is 1.78. The zero-order valence-electron chi connectivity index (χ0n) is 15.0. The van der Waals surface area contributed by atoms with Crippen LogP contribution < -0.4 is 15.6 Å². The van der Waals surface area contributed by atoms with Gasteiger partial charge in [-0.25, -0.2) is 0 Å². The summed E-state index contributed by atoms with van der Waals surface area (Å²) in [5, 5.41) is 11.2. The Morgan fingerprint density at radius 2 is 1.43 bits per heavy atom. The summed E-state index contributed by atoms with van der Waals surface area (Å²) < 4.78 is 5.76. The zero-order chi connectivity index (χ0) is 19.2. The largest absolute Gasteiger partial charge is 0.457 e. The highest BCUT2D eigenvalue weighted by Gasteiger charge is 2.06. The van der Waals surface area contributed by atoms with Gasteiger partial charge in [-0.2, -0.15) is 0 Å². The van der Waals surface area contributed by atoms with Gasteiger partial charge in [0, 0.05) is 12.1 Å². The maximum atomic E-state index is 12.3. The van der Waals surface area contributed by atoms with E-state index >= 15 is 0 Å². The molecule has 4 rings (SSSR count). The maximum absolute atomic E-state index is 12.3. The summed E-state index contributed by atoms with van der Waals surface area (Å²) in [6, 6.07) is 26.6. The fraction of sp³-hybridized carbons (Fsp3) is 0.0455. The van der Waals surface area contributed by atoms with Crippen molar-refractivity contribution >= 4 is 11.6 Å². The van der Waals surface area contributed by atoms with Gasteiger partial charge in [0.2, 0.25) is 5.95 Å². The van der Waals surface area contributed by atoms with Gasteiger partial charge in [-0.05, 0) is 42.0 Å².